The first-order valence-corrected chi connectivity index (χ1v) is 3.99. The van der Waals surface area contributed by atoms with Gasteiger partial charge in [-0.3, -0.25) is 9.59 Å². The molecule has 0 aromatic rings. The summed E-state index contributed by atoms with van der Waals surface area (Å²) < 4.78 is 26.1. The lowest BCUT2D eigenvalue weighted by Gasteiger charge is -2.19. The van der Waals surface area contributed by atoms with Crippen molar-refractivity contribution in [3.05, 3.63) is 0 Å². The van der Waals surface area contributed by atoms with E-state index in [0.29, 0.717) is 0 Å². The van der Waals surface area contributed by atoms with E-state index < -0.39 is 24.2 Å². The van der Waals surface area contributed by atoms with Gasteiger partial charge in [-0.15, -0.1) is 0 Å². The number of nitrogens with zero attached hydrogens (tertiary/aromatic N) is 2. The van der Waals surface area contributed by atoms with Crippen molar-refractivity contribution in [1.29, 1.82) is 0 Å². The summed E-state index contributed by atoms with van der Waals surface area (Å²) in [6.07, 6.45) is -4.86. The molecule has 6 heteroatoms. The fraction of sp³-hybridized carbons (Fsp3) is 0.750. The van der Waals surface area contributed by atoms with E-state index in [0.717, 1.165) is 9.80 Å². The van der Waals surface area contributed by atoms with Crippen LogP contribution in [0.3, 0.4) is 0 Å². The van der Waals surface area contributed by atoms with E-state index in [1.54, 1.807) is 0 Å². The average Bonchev–Trinajstić information content (AvgIpc) is 2.12. The van der Waals surface area contributed by atoms with Crippen LogP contribution in [0, 0.1) is 0 Å². The maximum Gasteiger partial charge on any atom is 0.260 e. The minimum Gasteiger partial charge on any atom is -0.346 e. The highest BCUT2D eigenvalue weighted by Gasteiger charge is 2.35. The van der Waals surface area contributed by atoms with E-state index in [1.807, 2.05) is 0 Å². The van der Waals surface area contributed by atoms with Crippen LogP contribution < -0.4 is 0 Å². The number of alkyl halides is 2. The van der Waals surface area contributed by atoms with Crippen LogP contribution in [0.2, 0.25) is 0 Å². The van der Waals surface area contributed by atoms with E-state index in [2.05, 4.69) is 0 Å². The molecule has 4 nitrogen and oxygen atoms in total. The van der Waals surface area contributed by atoms with E-state index >= 15 is 0 Å². The Labute approximate surface area is 81.5 Å². The summed E-state index contributed by atoms with van der Waals surface area (Å²) in [6.45, 7) is 0. The fourth-order valence-corrected chi connectivity index (χ4v) is 0.744. The molecule has 0 heterocycles. The molecule has 0 bridgehead atoms. The van der Waals surface area contributed by atoms with Crippen LogP contribution in [0.4, 0.5) is 8.78 Å². The minimum atomic E-state index is -2.43. The van der Waals surface area contributed by atoms with E-state index in [9.17, 15) is 18.4 Å². The van der Waals surface area contributed by atoms with Gasteiger partial charge in [0.1, 0.15) is 0 Å². The summed E-state index contributed by atoms with van der Waals surface area (Å²) >= 11 is 0. The summed E-state index contributed by atoms with van der Waals surface area (Å²) in [7, 11) is 5.17. The van der Waals surface area contributed by atoms with Crippen molar-refractivity contribution in [2.45, 2.75) is 12.3 Å². The second-order valence-corrected chi connectivity index (χ2v) is 3.27. The number of carbonyl (C=O) groups is 2. The Kier molecular flexibility index (Phi) is 4.46. The van der Waals surface area contributed by atoms with Crippen molar-refractivity contribution < 1.29 is 18.4 Å². The third-order valence-electron chi connectivity index (χ3n) is 1.61. The molecule has 0 N–H and O–H groups in total. The zero-order valence-corrected chi connectivity index (χ0v) is 8.62. The molecule has 0 rings (SSSR count). The predicted octanol–water partition coefficient (Wildman–Crippen LogP) is -0.161. The second-order valence-electron chi connectivity index (χ2n) is 3.27. The van der Waals surface area contributed by atoms with Crippen LogP contribution in [-0.4, -0.2) is 62.1 Å². The summed E-state index contributed by atoms with van der Waals surface area (Å²) in [5.41, 5.74) is 0. The van der Waals surface area contributed by atoms with Crippen LogP contribution in [0.1, 0.15) is 0 Å². The predicted molar refractivity (Wildman–Crippen MR) is 47.2 cm³/mol. The van der Waals surface area contributed by atoms with Crippen molar-refractivity contribution >= 4 is 11.8 Å². The fourth-order valence-electron chi connectivity index (χ4n) is 0.744. The monoisotopic (exact) mass is 208 g/mol. The van der Waals surface area contributed by atoms with Gasteiger partial charge in [0.15, 0.2) is 0 Å². The zero-order chi connectivity index (χ0) is 11.5. The van der Waals surface area contributed by atoms with Gasteiger partial charge in [0.05, 0.1) is 0 Å². The third kappa shape index (κ3) is 2.93. The molecular weight excluding hydrogens is 194 g/mol. The highest BCUT2D eigenvalue weighted by atomic mass is 19.2. The largest absolute Gasteiger partial charge is 0.346 e. The Morgan fingerprint density at radius 1 is 0.857 bits per heavy atom. The van der Waals surface area contributed by atoms with Gasteiger partial charge in [-0.1, -0.05) is 0 Å². The normalized spacial score (nSPS) is 14.4. The van der Waals surface area contributed by atoms with Gasteiger partial charge in [-0.25, -0.2) is 8.78 Å². The number of amides is 2. The molecule has 0 aromatic heterocycles. The van der Waals surface area contributed by atoms with E-state index in [-0.39, 0.29) is 0 Å². The molecule has 0 saturated carbocycles. The first kappa shape index (κ1) is 12.8. The summed E-state index contributed by atoms with van der Waals surface area (Å²) in [4.78, 5) is 23.7. The Balaban J connectivity index is 4.46. The van der Waals surface area contributed by atoms with Crippen LogP contribution in [0.25, 0.3) is 0 Å². The highest BCUT2D eigenvalue weighted by Crippen LogP contribution is 2.08. The molecule has 0 fully saturated rings. The number of hydrogen-bond acceptors (Lipinski definition) is 2. The first-order valence-electron chi connectivity index (χ1n) is 3.99. The molecule has 14 heavy (non-hydrogen) atoms. The molecule has 0 aliphatic carbocycles. The van der Waals surface area contributed by atoms with Crippen LogP contribution in [0.15, 0.2) is 0 Å². The van der Waals surface area contributed by atoms with Gasteiger partial charge in [0, 0.05) is 28.2 Å². The second kappa shape index (κ2) is 4.88. The number of rotatable bonds is 3. The Bertz CT molecular complexity index is 207. The molecule has 0 saturated heterocycles. The average molecular weight is 208 g/mol. The number of hydrogen-bond donors (Lipinski definition) is 0. The van der Waals surface area contributed by atoms with Crippen LogP contribution >= 0.6 is 0 Å². The summed E-state index contributed by atoms with van der Waals surface area (Å²) in [6, 6.07) is 0. The van der Waals surface area contributed by atoms with Crippen molar-refractivity contribution in [2.24, 2.45) is 0 Å². The lowest BCUT2D eigenvalue weighted by Crippen LogP contribution is -2.44. The Morgan fingerprint density at radius 2 is 1.07 bits per heavy atom. The molecule has 0 unspecified atom stereocenters. The molecule has 0 aliphatic heterocycles. The molecular formula is C8H14F2N2O2. The maximum atomic E-state index is 13.0. The molecule has 0 spiro atoms. The van der Waals surface area contributed by atoms with Crippen molar-refractivity contribution in [3.63, 3.8) is 0 Å². The number of halogens is 2. The summed E-state index contributed by atoms with van der Waals surface area (Å²) in [5, 5.41) is 0. The Hall–Kier alpha value is -1.20. The zero-order valence-electron chi connectivity index (χ0n) is 8.62. The van der Waals surface area contributed by atoms with Gasteiger partial charge in [0.2, 0.25) is 12.3 Å². The highest BCUT2D eigenvalue weighted by molar-refractivity contribution is 5.90. The van der Waals surface area contributed by atoms with Crippen LogP contribution in [0.5, 0.6) is 0 Å². The van der Waals surface area contributed by atoms with E-state index in [1.165, 1.54) is 28.2 Å². The molecule has 0 aliphatic rings. The maximum absolute atomic E-state index is 13.0. The van der Waals surface area contributed by atoms with Crippen molar-refractivity contribution in [3.8, 4) is 0 Å². The minimum absolute atomic E-state index is 0.903. The molecule has 2 atom stereocenters. The standard InChI is InChI=1S/C8H14F2N2O2/c1-11(2)7(13)5(9)6(10)8(14)12(3)4/h5-6H,1-4H3/t5-,6-/m1/s1. The van der Waals surface area contributed by atoms with E-state index in [4.69, 9.17) is 0 Å². The lowest BCUT2D eigenvalue weighted by molar-refractivity contribution is -0.145. The van der Waals surface area contributed by atoms with Gasteiger partial charge >= 0.3 is 0 Å². The topological polar surface area (TPSA) is 40.6 Å². The quantitative estimate of drug-likeness (QED) is 0.646. The summed E-state index contributed by atoms with van der Waals surface area (Å²) in [5.74, 6) is -2.10. The van der Waals surface area contributed by atoms with Gasteiger partial charge in [0.25, 0.3) is 11.8 Å². The smallest absolute Gasteiger partial charge is 0.260 e. The Morgan fingerprint density at radius 3 is 1.21 bits per heavy atom. The van der Waals surface area contributed by atoms with Gasteiger partial charge in [-0.2, -0.15) is 0 Å². The number of carbonyl (C=O) groups excluding carboxylic acids is 2. The molecule has 0 aromatic carbocycles. The van der Waals surface area contributed by atoms with Crippen LogP contribution in [-0.2, 0) is 9.59 Å². The molecule has 0 radical (unpaired) electrons. The van der Waals surface area contributed by atoms with Gasteiger partial charge < -0.3 is 9.80 Å². The molecule has 2 amide bonds. The van der Waals surface area contributed by atoms with Crippen molar-refractivity contribution in [2.75, 3.05) is 28.2 Å². The lowest BCUT2D eigenvalue weighted by atomic mass is 10.2. The first-order chi connectivity index (χ1) is 6.29. The third-order valence-corrected chi connectivity index (χ3v) is 1.61. The van der Waals surface area contributed by atoms with Gasteiger partial charge in [-0.05, 0) is 0 Å². The SMILES string of the molecule is CN(C)C(=O)[C@H](F)[C@@H](F)C(=O)N(C)C. The molecule has 82 valence electrons. The van der Waals surface area contributed by atoms with Crippen molar-refractivity contribution in [1.82, 2.24) is 9.80 Å².